The van der Waals surface area contributed by atoms with E-state index >= 15 is 0 Å². The summed E-state index contributed by atoms with van der Waals surface area (Å²) in [5.41, 5.74) is 1.17. The van der Waals surface area contributed by atoms with E-state index in [0.29, 0.717) is 11.1 Å². The van der Waals surface area contributed by atoms with Gasteiger partial charge in [0, 0.05) is 11.1 Å². The summed E-state index contributed by atoms with van der Waals surface area (Å²) in [5.74, 6) is -2.63. The standard InChI is InChI=1S/C33H39O10P/c1-7-38-30(34)21-40-44(37,41-22-31(35)39-8-2)43-33(28-19-13-10-16-24(28)4,29-20-14-11-17-25(29)5)32(36)42-26(6)27-18-12-9-15-23(27)3/h9-20,26H,7-8,21-22H2,1-6H3. The van der Waals surface area contributed by atoms with Crippen LogP contribution in [0.4, 0.5) is 0 Å². The number of esters is 3. The molecule has 0 saturated heterocycles. The zero-order chi connectivity index (χ0) is 32.3. The van der Waals surface area contributed by atoms with E-state index < -0.39 is 50.6 Å². The molecule has 0 heterocycles. The second kappa shape index (κ2) is 15.8. The van der Waals surface area contributed by atoms with E-state index in [-0.39, 0.29) is 24.3 Å². The summed E-state index contributed by atoms with van der Waals surface area (Å²) in [6.07, 6.45) is -0.750. The maximum Gasteiger partial charge on any atom is 0.477 e. The lowest BCUT2D eigenvalue weighted by molar-refractivity contribution is -0.167. The Labute approximate surface area is 258 Å². The molecular formula is C33H39O10P. The Balaban J connectivity index is 2.25. The van der Waals surface area contributed by atoms with E-state index in [2.05, 4.69) is 0 Å². The van der Waals surface area contributed by atoms with Crippen LogP contribution in [0.15, 0.2) is 72.8 Å². The van der Waals surface area contributed by atoms with Crippen LogP contribution in [0, 0.1) is 20.8 Å². The Bertz CT molecular complexity index is 1430. The zero-order valence-electron chi connectivity index (χ0n) is 25.9. The molecule has 0 aliphatic heterocycles. The van der Waals surface area contributed by atoms with Crippen molar-refractivity contribution < 1.29 is 46.7 Å². The third-order valence-corrected chi connectivity index (χ3v) is 8.17. The molecule has 3 aromatic carbocycles. The second-order valence-corrected chi connectivity index (χ2v) is 11.5. The molecule has 3 rings (SSSR count). The fraction of sp³-hybridized carbons (Fsp3) is 0.364. The third kappa shape index (κ3) is 8.42. The van der Waals surface area contributed by atoms with Crippen molar-refractivity contribution in [1.82, 2.24) is 0 Å². The SMILES string of the molecule is CCOC(=O)COP(=O)(OCC(=O)OCC)OC(C(=O)OC(C)c1ccccc1C)(c1ccccc1C)c1ccccc1C. The van der Waals surface area contributed by atoms with Crippen LogP contribution in [-0.4, -0.2) is 44.3 Å². The summed E-state index contributed by atoms with van der Waals surface area (Å²) in [5, 5.41) is 0. The Hall–Kier alpha value is -3.82. The largest absolute Gasteiger partial charge is 0.477 e. The highest BCUT2D eigenvalue weighted by Gasteiger charge is 2.54. The number of ether oxygens (including phenoxy) is 3. The van der Waals surface area contributed by atoms with Crippen LogP contribution in [0.2, 0.25) is 0 Å². The van der Waals surface area contributed by atoms with Gasteiger partial charge in [-0.2, -0.15) is 0 Å². The van der Waals surface area contributed by atoms with Gasteiger partial charge in [0.05, 0.1) is 13.2 Å². The van der Waals surface area contributed by atoms with E-state index in [4.69, 9.17) is 27.8 Å². The van der Waals surface area contributed by atoms with Gasteiger partial charge in [0.2, 0.25) is 5.60 Å². The predicted molar refractivity (Wildman–Crippen MR) is 163 cm³/mol. The van der Waals surface area contributed by atoms with Gasteiger partial charge < -0.3 is 14.2 Å². The Morgan fingerprint density at radius 1 is 0.705 bits per heavy atom. The van der Waals surface area contributed by atoms with Crippen molar-refractivity contribution in [2.75, 3.05) is 26.4 Å². The molecule has 10 nitrogen and oxygen atoms in total. The lowest BCUT2D eigenvalue weighted by Gasteiger charge is -2.37. The fourth-order valence-corrected chi connectivity index (χ4v) is 6.03. The summed E-state index contributed by atoms with van der Waals surface area (Å²) in [4.78, 5) is 39.2. The molecule has 0 aromatic heterocycles. The molecule has 0 bridgehead atoms. The number of carbonyl (C=O) groups is 3. The number of hydrogen-bond donors (Lipinski definition) is 0. The van der Waals surface area contributed by atoms with Crippen molar-refractivity contribution in [3.8, 4) is 0 Å². The van der Waals surface area contributed by atoms with Crippen LogP contribution in [-0.2, 0) is 52.3 Å². The summed E-state index contributed by atoms with van der Waals surface area (Å²) < 4.78 is 47.5. The van der Waals surface area contributed by atoms with Gasteiger partial charge in [-0.25, -0.2) is 18.9 Å². The molecule has 0 radical (unpaired) electrons. The molecule has 0 N–H and O–H groups in total. The molecule has 0 amide bonds. The minimum Gasteiger partial charge on any atom is -0.464 e. The topological polar surface area (TPSA) is 124 Å². The number of hydrogen-bond acceptors (Lipinski definition) is 10. The van der Waals surface area contributed by atoms with Crippen LogP contribution in [0.3, 0.4) is 0 Å². The van der Waals surface area contributed by atoms with Crippen molar-refractivity contribution in [3.63, 3.8) is 0 Å². The molecule has 0 fully saturated rings. The monoisotopic (exact) mass is 626 g/mol. The Morgan fingerprint density at radius 2 is 1.14 bits per heavy atom. The number of rotatable bonds is 15. The average Bonchev–Trinajstić information content (AvgIpc) is 2.99. The highest BCUT2D eigenvalue weighted by Crippen LogP contribution is 2.58. The molecule has 236 valence electrons. The molecular weight excluding hydrogens is 587 g/mol. The zero-order valence-corrected chi connectivity index (χ0v) is 26.8. The van der Waals surface area contributed by atoms with Crippen molar-refractivity contribution in [3.05, 3.63) is 106 Å². The molecule has 44 heavy (non-hydrogen) atoms. The maximum absolute atomic E-state index is 14.7. The first-order chi connectivity index (χ1) is 21.0. The Morgan fingerprint density at radius 3 is 1.57 bits per heavy atom. The van der Waals surface area contributed by atoms with Gasteiger partial charge in [0.25, 0.3) is 0 Å². The van der Waals surface area contributed by atoms with E-state index in [1.165, 1.54) is 0 Å². The molecule has 1 unspecified atom stereocenters. The quantitative estimate of drug-likeness (QED) is 0.106. The van der Waals surface area contributed by atoms with Gasteiger partial charge in [-0.05, 0) is 63.8 Å². The van der Waals surface area contributed by atoms with Gasteiger partial charge >= 0.3 is 25.7 Å². The number of phosphoric ester groups is 1. The van der Waals surface area contributed by atoms with Crippen LogP contribution in [0.25, 0.3) is 0 Å². The van der Waals surface area contributed by atoms with Crippen molar-refractivity contribution >= 4 is 25.7 Å². The van der Waals surface area contributed by atoms with Crippen LogP contribution in [0.1, 0.15) is 60.3 Å². The molecule has 0 spiro atoms. The highest BCUT2D eigenvalue weighted by molar-refractivity contribution is 7.48. The first-order valence-corrected chi connectivity index (χ1v) is 15.7. The summed E-state index contributed by atoms with van der Waals surface area (Å²) >= 11 is 0. The first-order valence-electron chi connectivity index (χ1n) is 14.3. The normalized spacial score (nSPS) is 12.3. The van der Waals surface area contributed by atoms with Crippen molar-refractivity contribution in [2.45, 2.75) is 53.2 Å². The van der Waals surface area contributed by atoms with E-state index in [1.54, 1.807) is 83.1 Å². The molecule has 3 aromatic rings. The fourth-order valence-electron chi connectivity index (χ4n) is 4.71. The van der Waals surface area contributed by atoms with E-state index in [0.717, 1.165) is 11.1 Å². The van der Waals surface area contributed by atoms with Gasteiger partial charge in [-0.15, -0.1) is 0 Å². The molecule has 0 aliphatic carbocycles. The summed E-state index contributed by atoms with van der Waals surface area (Å²) in [6, 6.07) is 21.2. The smallest absolute Gasteiger partial charge is 0.464 e. The lowest BCUT2D eigenvalue weighted by atomic mass is 9.81. The number of phosphoric acid groups is 1. The van der Waals surface area contributed by atoms with Crippen molar-refractivity contribution in [1.29, 1.82) is 0 Å². The minimum absolute atomic E-state index is 0.0382. The van der Waals surface area contributed by atoms with Gasteiger partial charge in [0.1, 0.15) is 6.10 Å². The molecule has 1 atom stereocenters. The average molecular weight is 627 g/mol. The minimum atomic E-state index is -4.95. The van der Waals surface area contributed by atoms with Crippen molar-refractivity contribution in [2.24, 2.45) is 0 Å². The molecule has 0 saturated carbocycles. The summed E-state index contributed by atoms with van der Waals surface area (Å²) in [7, 11) is -4.95. The van der Waals surface area contributed by atoms with Crippen LogP contribution in [0.5, 0.6) is 0 Å². The molecule has 0 aliphatic rings. The predicted octanol–water partition coefficient (Wildman–Crippen LogP) is 6.44. The van der Waals surface area contributed by atoms with Gasteiger partial charge in [0.15, 0.2) is 13.2 Å². The van der Waals surface area contributed by atoms with Gasteiger partial charge in [-0.3, -0.25) is 13.6 Å². The number of aryl methyl sites for hydroxylation is 3. The number of carbonyl (C=O) groups excluding carboxylic acids is 3. The highest BCUT2D eigenvalue weighted by atomic mass is 31.2. The Kier molecular flexibility index (Phi) is 12.4. The van der Waals surface area contributed by atoms with E-state index in [9.17, 15) is 18.9 Å². The summed E-state index contributed by atoms with van der Waals surface area (Å²) in [6.45, 7) is 8.70. The van der Waals surface area contributed by atoms with E-state index in [1.807, 2.05) is 31.2 Å². The molecule has 11 heteroatoms. The second-order valence-electron chi connectivity index (χ2n) is 9.91. The third-order valence-electron chi connectivity index (χ3n) is 6.79. The van der Waals surface area contributed by atoms with Gasteiger partial charge in [-0.1, -0.05) is 72.8 Å². The number of benzene rings is 3. The van der Waals surface area contributed by atoms with Crippen LogP contribution < -0.4 is 0 Å². The first kappa shape index (κ1) is 34.7. The van der Waals surface area contributed by atoms with Crippen LogP contribution >= 0.6 is 7.82 Å². The maximum atomic E-state index is 14.7. The lowest BCUT2D eigenvalue weighted by Crippen LogP contribution is -2.43.